The molecule has 16 nitrogen and oxygen atoms in total. The second kappa shape index (κ2) is 31.5. The van der Waals surface area contributed by atoms with Gasteiger partial charge in [0, 0.05) is 48.3 Å². The Balaban J connectivity index is 0.693. The molecule has 0 radical (unpaired) electrons. The van der Waals surface area contributed by atoms with Crippen LogP contribution in [0.2, 0.25) is 0 Å². The standard InChI is InChI=1S/C81H114O16/c1-15-65-48(6)47(5)51(9)77(91-65)96-70-49(7)53(11)78(92-66(70)16-2)97-71-50(8)52(10)76(93-67(71)44-87-73(84)55-26-20-17-21-27-55)90-59-36-38-80(13)58(40-59)33-34-60-61(80)37-39-81(14)62(60)41-64(83)68(81)54(12)63(82)35-32-45(3)42-88-79-72(95-75(86)57-30-24-19-25-31-57)69(46(4)43-89-79)94-74(85)56-28-22-18-23-29-56/h17-31,45-54,58-62,65-72,76-79H,15-16,32-44H2,1-14H3/t45-,46-,47-,48+,49+,50+,51?,52?,53?,54+,58?,59?,60?,61?,62?,65?,66?,67?,68?,69-,70+,71+,72?,76+,77-,78-,79+,80?,81?/m0/s1. The average molecular weight is 1340 g/mol. The summed E-state index contributed by atoms with van der Waals surface area (Å²) >= 11 is 0. The van der Waals surface area contributed by atoms with Crippen LogP contribution < -0.4 is 0 Å². The van der Waals surface area contributed by atoms with Gasteiger partial charge in [-0.2, -0.15) is 0 Å². The van der Waals surface area contributed by atoms with Crippen LogP contribution in [0.1, 0.15) is 205 Å². The lowest BCUT2D eigenvalue weighted by molar-refractivity contribution is -0.352. The zero-order valence-electron chi connectivity index (χ0n) is 60.4. The van der Waals surface area contributed by atoms with E-state index in [1.54, 1.807) is 60.7 Å². The Hall–Kier alpha value is -4.91. The van der Waals surface area contributed by atoms with Gasteiger partial charge in [0.2, 0.25) is 0 Å². The molecule has 4 saturated heterocycles. The van der Waals surface area contributed by atoms with Crippen LogP contribution in [0, 0.1) is 99.6 Å². The summed E-state index contributed by atoms with van der Waals surface area (Å²) in [5.41, 5.74) is 1.03. The zero-order chi connectivity index (χ0) is 69.2. The molecule has 0 spiro atoms. The van der Waals surface area contributed by atoms with Crippen molar-refractivity contribution in [3.05, 3.63) is 108 Å². The van der Waals surface area contributed by atoms with Crippen molar-refractivity contribution in [2.45, 2.75) is 248 Å². The van der Waals surface area contributed by atoms with Gasteiger partial charge in [-0.1, -0.05) is 152 Å². The van der Waals surface area contributed by atoms with Crippen LogP contribution in [0.3, 0.4) is 0 Å². The lowest BCUT2D eigenvalue weighted by atomic mass is 9.44. The highest BCUT2D eigenvalue weighted by atomic mass is 16.7. The van der Waals surface area contributed by atoms with Crippen LogP contribution in [0.4, 0.5) is 0 Å². The van der Waals surface area contributed by atoms with Gasteiger partial charge in [0.25, 0.3) is 0 Å². The Kier molecular flexibility index (Phi) is 23.8. The fourth-order valence-electron chi connectivity index (χ4n) is 19.2. The predicted octanol–water partition coefficient (Wildman–Crippen LogP) is 15.4. The Morgan fingerprint density at radius 1 is 0.546 bits per heavy atom. The van der Waals surface area contributed by atoms with Gasteiger partial charge in [-0.25, -0.2) is 14.4 Å². The van der Waals surface area contributed by atoms with Crippen molar-refractivity contribution >= 4 is 29.5 Å². The van der Waals surface area contributed by atoms with E-state index in [9.17, 15) is 24.0 Å². The maximum atomic E-state index is 14.5. The summed E-state index contributed by atoms with van der Waals surface area (Å²) in [5.74, 6) is 0.379. The summed E-state index contributed by atoms with van der Waals surface area (Å²) in [6, 6.07) is 26.4. The number of Topliss-reactive ketones (excluding diaryl/α,β-unsaturated/α-hetero) is 2. The lowest BCUT2D eigenvalue weighted by Crippen LogP contribution is -2.59. The Labute approximate surface area is 578 Å². The number of ketones is 2. The van der Waals surface area contributed by atoms with E-state index in [0.29, 0.717) is 65.5 Å². The van der Waals surface area contributed by atoms with Crippen LogP contribution in [0.15, 0.2) is 91.0 Å². The van der Waals surface area contributed by atoms with Crippen molar-refractivity contribution in [1.29, 1.82) is 0 Å². The van der Waals surface area contributed by atoms with Crippen LogP contribution in [0.25, 0.3) is 0 Å². The van der Waals surface area contributed by atoms with E-state index in [0.717, 1.165) is 57.8 Å². The quantitative estimate of drug-likeness (QED) is 0.0495. The third kappa shape index (κ3) is 15.5. The summed E-state index contributed by atoms with van der Waals surface area (Å²) in [6.45, 7) is 31.2. The van der Waals surface area contributed by atoms with Crippen LogP contribution in [0.5, 0.6) is 0 Å². The van der Waals surface area contributed by atoms with Gasteiger partial charge in [-0.05, 0) is 165 Å². The number of esters is 3. The van der Waals surface area contributed by atoms with Gasteiger partial charge in [0.15, 0.2) is 31.3 Å². The van der Waals surface area contributed by atoms with Crippen molar-refractivity contribution < 1.29 is 76.1 Å². The molecule has 0 amide bonds. The van der Waals surface area contributed by atoms with E-state index >= 15 is 0 Å². The maximum Gasteiger partial charge on any atom is 0.338 e. The van der Waals surface area contributed by atoms with Crippen molar-refractivity contribution in [2.24, 2.45) is 99.6 Å². The molecule has 4 aliphatic heterocycles. The van der Waals surface area contributed by atoms with Crippen molar-refractivity contribution in [1.82, 2.24) is 0 Å². The van der Waals surface area contributed by atoms with Crippen LogP contribution in [-0.2, 0) is 61.7 Å². The Bertz CT molecular complexity index is 3110. The molecule has 4 heterocycles. The van der Waals surface area contributed by atoms with Gasteiger partial charge < -0.3 is 52.1 Å². The van der Waals surface area contributed by atoms with Gasteiger partial charge in [0.1, 0.15) is 30.4 Å². The lowest BCUT2D eigenvalue weighted by Gasteiger charge is -2.61. The highest BCUT2D eigenvalue weighted by Gasteiger charge is 2.64. The van der Waals surface area contributed by atoms with E-state index < -0.39 is 67.1 Å². The van der Waals surface area contributed by atoms with Gasteiger partial charge in [0.05, 0.1) is 60.4 Å². The largest absolute Gasteiger partial charge is 0.459 e. The second-order valence-electron chi connectivity index (χ2n) is 31.9. The summed E-state index contributed by atoms with van der Waals surface area (Å²) in [6.07, 6.45) is 4.35. The molecular formula is C81H114O16. The van der Waals surface area contributed by atoms with Crippen molar-refractivity contribution in [2.75, 3.05) is 19.8 Å². The zero-order valence-corrected chi connectivity index (χ0v) is 60.4. The molecule has 534 valence electrons. The van der Waals surface area contributed by atoms with Crippen LogP contribution in [-0.4, -0.2) is 123 Å². The first-order chi connectivity index (χ1) is 46.4. The molecule has 97 heavy (non-hydrogen) atoms. The number of ether oxygens (including phenoxy) is 11. The molecular weight excluding hydrogens is 1230 g/mol. The summed E-state index contributed by atoms with van der Waals surface area (Å²) in [4.78, 5) is 69.5. The number of carbonyl (C=O) groups is 5. The predicted molar refractivity (Wildman–Crippen MR) is 366 cm³/mol. The number of fused-ring (bicyclic) bond motifs is 5. The monoisotopic (exact) mass is 1340 g/mol. The molecule has 0 bridgehead atoms. The van der Waals surface area contributed by atoms with Gasteiger partial charge >= 0.3 is 17.9 Å². The SMILES string of the molecule is CCC1O[C@@H](O[C@H]2C(CC)O[C@@H](O[C@H]3C(COC(=O)c4ccccc4)O[C@@H](OC4CCC5(C)C(CCC6C5CCC5(C)C6CC(=O)C5[C@H](C)C(=O)CC[C@H](C)CO[C@@H]5OC[C@H](C)[C@H](OC(=O)c6ccccc6)C5OC(=O)c5ccccc5)C4)C(C)[C@H]3C)C(C)[C@H]2C)C(C)[C@@H](C)[C@H]1C. The Morgan fingerprint density at radius 3 is 1.67 bits per heavy atom. The second-order valence-corrected chi connectivity index (χ2v) is 31.9. The molecule has 11 rings (SSSR count). The summed E-state index contributed by atoms with van der Waals surface area (Å²) < 4.78 is 72.9. The molecule has 29 atom stereocenters. The maximum absolute atomic E-state index is 14.5. The minimum atomic E-state index is -1.06. The number of hydrogen-bond donors (Lipinski definition) is 0. The molecule has 15 unspecified atom stereocenters. The smallest absolute Gasteiger partial charge is 0.338 e. The van der Waals surface area contributed by atoms with Crippen LogP contribution >= 0.6 is 0 Å². The van der Waals surface area contributed by atoms with Gasteiger partial charge in [-0.15, -0.1) is 0 Å². The molecule has 0 N–H and O–H groups in total. The molecule has 8 aliphatic rings. The first-order valence-electron chi connectivity index (χ1n) is 37.4. The highest BCUT2D eigenvalue weighted by molar-refractivity contribution is 5.92. The summed E-state index contributed by atoms with van der Waals surface area (Å²) in [5, 5.41) is 0. The number of rotatable bonds is 23. The van der Waals surface area contributed by atoms with E-state index in [-0.39, 0.29) is 126 Å². The third-order valence-corrected chi connectivity index (χ3v) is 26.1. The molecule has 8 fully saturated rings. The molecule has 4 saturated carbocycles. The minimum absolute atomic E-state index is 0.00466. The first kappa shape index (κ1) is 73.3. The number of carbonyl (C=O) groups excluding carboxylic acids is 5. The van der Waals surface area contributed by atoms with Crippen molar-refractivity contribution in [3.63, 3.8) is 0 Å². The van der Waals surface area contributed by atoms with Gasteiger partial charge in [-0.3, -0.25) is 9.59 Å². The fraction of sp³-hybridized carbons (Fsp3) is 0.716. The average Bonchev–Trinajstić information content (AvgIpc) is 1.63. The highest BCUT2D eigenvalue weighted by Crippen LogP contribution is 2.68. The van der Waals surface area contributed by atoms with E-state index in [4.69, 9.17) is 52.1 Å². The molecule has 3 aromatic rings. The number of benzene rings is 3. The van der Waals surface area contributed by atoms with Crippen molar-refractivity contribution in [3.8, 4) is 0 Å². The third-order valence-electron chi connectivity index (χ3n) is 26.1. The normalized spacial score (nSPS) is 41.1. The number of hydrogen-bond acceptors (Lipinski definition) is 16. The molecule has 3 aromatic carbocycles. The topological polar surface area (TPSA) is 187 Å². The molecule has 16 heteroatoms. The minimum Gasteiger partial charge on any atom is -0.459 e. The van der Waals surface area contributed by atoms with E-state index in [1.165, 1.54) is 0 Å². The fourth-order valence-corrected chi connectivity index (χ4v) is 19.2. The molecule has 4 aliphatic carbocycles. The summed E-state index contributed by atoms with van der Waals surface area (Å²) in [7, 11) is 0. The van der Waals surface area contributed by atoms with E-state index in [1.807, 2.05) is 51.1 Å². The molecule has 0 aromatic heterocycles. The Morgan fingerprint density at radius 2 is 1.07 bits per heavy atom. The van der Waals surface area contributed by atoms with E-state index in [2.05, 4.69) is 76.2 Å². The first-order valence-corrected chi connectivity index (χ1v) is 37.4.